The van der Waals surface area contributed by atoms with Gasteiger partial charge in [0.2, 0.25) is 0 Å². The molecular formula is C17H21NO2. The number of benzene rings is 1. The van der Waals surface area contributed by atoms with Crippen LogP contribution < -0.4 is 5.32 Å². The van der Waals surface area contributed by atoms with E-state index in [0.29, 0.717) is 5.92 Å². The molecule has 0 heterocycles. The number of aliphatic hydroxyl groups is 1. The smallest absolute Gasteiger partial charge is 0.296 e. The molecule has 0 radical (unpaired) electrons. The van der Waals surface area contributed by atoms with Gasteiger partial charge in [-0.25, -0.2) is 0 Å². The molecule has 0 aromatic heterocycles. The highest BCUT2D eigenvalue weighted by molar-refractivity contribution is 5.94. The first-order valence-electron chi connectivity index (χ1n) is 7.14. The minimum Gasteiger partial charge on any atom is -0.394 e. The molecule has 3 heteroatoms. The van der Waals surface area contributed by atoms with E-state index >= 15 is 0 Å². The van der Waals surface area contributed by atoms with Gasteiger partial charge in [-0.3, -0.25) is 4.79 Å². The van der Waals surface area contributed by atoms with Gasteiger partial charge in [-0.15, -0.1) is 0 Å². The Bertz CT molecular complexity index is 515. The summed E-state index contributed by atoms with van der Waals surface area (Å²) < 4.78 is 0. The molecule has 1 aromatic carbocycles. The second-order valence-electron chi connectivity index (χ2n) is 5.71. The molecule has 1 fully saturated rings. The van der Waals surface area contributed by atoms with E-state index < -0.39 is 5.54 Å². The molecule has 2 N–H and O–H groups in total. The van der Waals surface area contributed by atoms with E-state index in [1.54, 1.807) is 0 Å². The Morgan fingerprint density at radius 1 is 1.45 bits per heavy atom. The van der Waals surface area contributed by atoms with Crippen molar-refractivity contribution in [3.63, 3.8) is 0 Å². The molecule has 2 unspecified atom stereocenters. The minimum absolute atomic E-state index is 0.0178. The summed E-state index contributed by atoms with van der Waals surface area (Å²) in [4.78, 5) is 12.0. The van der Waals surface area contributed by atoms with Crippen molar-refractivity contribution < 1.29 is 9.90 Å². The molecule has 0 spiro atoms. The average molecular weight is 271 g/mol. The highest BCUT2D eigenvalue weighted by atomic mass is 16.3. The van der Waals surface area contributed by atoms with Gasteiger partial charge in [0.15, 0.2) is 0 Å². The molecule has 0 bridgehead atoms. The predicted octanol–water partition coefficient (Wildman–Crippen LogP) is 2.10. The van der Waals surface area contributed by atoms with Crippen LogP contribution in [0.4, 0.5) is 0 Å². The second kappa shape index (κ2) is 6.58. The fraction of sp³-hybridized carbons (Fsp3) is 0.471. The van der Waals surface area contributed by atoms with Gasteiger partial charge in [0, 0.05) is 11.5 Å². The summed E-state index contributed by atoms with van der Waals surface area (Å²) >= 11 is 0. The zero-order chi connectivity index (χ0) is 14.4. The number of aliphatic hydroxyl groups excluding tert-OH is 1. The lowest BCUT2D eigenvalue weighted by Crippen LogP contribution is -2.53. The van der Waals surface area contributed by atoms with Gasteiger partial charge in [-0.05, 0) is 30.9 Å². The highest BCUT2D eigenvalue weighted by Crippen LogP contribution is 2.31. The number of carbonyl (C=O) groups is 1. The zero-order valence-corrected chi connectivity index (χ0v) is 11.9. The van der Waals surface area contributed by atoms with Crippen molar-refractivity contribution in [3.8, 4) is 11.8 Å². The third kappa shape index (κ3) is 3.85. The number of hydrogen-bond acceptors (Lipinski definition) is 2. The van der Waals surface area contributed by atoms with Crippen LogP contribution >= 0.6 is 0 Å². The lowest BCUT2D eigenvalue weighted by atomic mass is 9.77. The van der Waals surface area contributed by atoms with Gasteiger partial charge in [-0.2, -0.15) is 0 Å². The highest BCUT2D eigenvalue weighted by Gasteiger charge is 2.35. The zero-order valence-electron chi connectivity index (χ0n) is 11.9. The van der Waals surface area contributed by atoms with E-state index in [2.05, 4.69) is 24.1 Å². The van der Waals surface area contributed by atoms with E-state index in [4.69, 9.17) is 0 Å². The van der Waals surface area contributed by atoms with E-state index in [1.165, 1.54) is 0 Å². The van der Waals surface area contributed by atoms with Gasteiger partial charge in [-0.1, -0.05) is 43.9 Å². The van der Waals surface area contributed by atoms with Crippen LogP contribution in [0.5, 0.6) is 0 Å². The average Bonchev–Trinajstić information content (AvgIpc) is 2.46. The summed E-state index contributed by atoms with van der Waals surface area (Å²) in [5.74, 6) is 5.67. The van der Waals surface area contributed by atoms with Crippen LogP contribution in [0.1, 0.15) is 38.2 Å². The van der Waals surface area contributed by atoms with Crippen LogP contribution in [0.3, 0.4) is 0 Å². The van der Waals surface area contributed by atoms with Crippen molar-refractivity contribution in [2.24, 2.45) is 5.92 Å². The van der Waals surface area contributed by atoms with Gasteiger partial charge < -0.3 is 10.4 Å². The van der Waals surface area contributed by atoms with Crippen LogP contribution in [-0.2, 0) is 4.79 Å². The number of amides is 1. The topological polar surface area (TPSA) is 49.3 Å². The Labute approximate surface area is 120 Å². The number of hydrogen-bond donors (Lipinski definition) is 2. The molecule has 1 aliphatic carbocycles. The van der Waals surface area contributed by atoms with Crippen LogP contribution in [0.25, 0.3) is 0 Å². The lowest BCUT2D eigenvalue weighted by molar-refractivity contribution is -0.118. The maximum absolute atomic E-state index is 12.0. The summed E-state index contributed by atoms with van der Waals surface area (Å²) in [6, 6.07) is 9.42. The third-order valence-electron chi connectivity index (χ3n) is 3.87. The van der Waals surface area contributed by atoms with Crippen molar-refractivity contribution in [2.45, 2.75) is 38.1 Å². The number of rotatable bonds is 2. The SMILES string of the molecule is CC1CCCC(CO)(NC(=O)C#Cc2ccccc2)C1. The molecule has 1 amide bonds. The fourth-order valence-corrected chi connectivity index (χ4v) is 2.88. The van der Waals surface area contributed by atoms with Crippen molar-refractivity contribution in [2.75, 3.05) is 6.61 Å². The standard InChI is InChI=1S/C17H21NO2/c1-14-6-5-11-17(12-14,13-19)18-16(20)10-9-15-7-3-2-4-8-15/h2-4,7-8,14,19H,5-6,11-13H2,1H3,(H,18,20). The monoisotopic (exact) mass is 271 g/mol. The first kappa shape index (κ1) is 14.6. The Kier molecular flexibility index (Phi) is 4.81. The van der Waals surface area contributed by atoms with Crippen molar-refractivity contribution in [1.82, 2.24) is 5.32 Å². The predicted molar refractivity (Wildman–Crippen MR) is 78.9 cm³/mol. The summed E-state index contributed by atoms with van der Waals surface area (Å²) in [6.07, 6.45) is 3.84. The summed E-state index contributed by atoms with van der Waals surface area (Å²) in [5.41, 5.74) is 0.331. The van der Waals surface area contributed by atoms with Crippen molar-refractivity contribution >= 4 is 5.91 Å². The summed E-state index contributed by atoms with van der Waals surface area (Å²) in [7, 11) is 0. The Balaban J connectivity index is 2.01. The molecular weight excluding hydrogens is 250 g/mol. The van der Waals surface area contributed by atoms with E-state index in [1.807, 2.05) is 30.3 Å². The van der Waals surface area contributed by atoms with Crippen molar-refractivity contribution in [1.29, 1.82) is 0 Å². The van der Waals surface area contributed by atoms with Gasteiger partial charge in [0.1, 0.15) is 0 Å². The third-order valence-corrected chi connectivity index (χ3v) is 3.87. The molecule has 2 atom stereocenters. The Morgan fingerprint density at radius 3 is 2.85 bits per heavy atom. The normalized spacial score (nSPS) is 25.4. The molecule has 1 aliphatic rings. The quantitative estimate of drug-likeness (QED) is 0.809. The van der Waals surface area contributed by atoms with E-state index in [-0.39, 0.29) is 12.5 Å². The number of nitrogens with one attached hydrogen (secondary N) is 1. The van der Waals surface area contributed by atoms with Crippen molar-refractivity contribution in [3.05, 3.63) is 35.9 Å². The van der Waals surface area contributed by atoms with Gasteiger partial charge in [0.05, 0.1) is 12.1 Å². The summed E-state index contributed by atoms with van der Waals surface area (Å²) in [5, 5.41) is 12.6. The molecule has 2 rings (SSSR count). The minimum atomic E-state index is -0.486. The Hall–Kier alpha value is -1.79. The van der Waals surface area contributed by atoms with Gasteiger partial charge in [0.25, 0.3) is 5.91 Å². The molecule has 20 heavy (non-hydrogen) atoms. The molecule has 1 aromatic rings. The maximum Gasteiger partial charge on any atom is 0.296 e. The molecule has 1 saturated carbocycles. The van der Waals surface area contributed by atoms with Crippen LogP contribution in [0, 0.1) is 17.8 Å². The maximum atomic E-state index is 12.0. The lowest BCUT2D eigenvalue weighted by Gasteiger charge is -2.38. The molecule has 0 aliphatic heterocycles. The van der Waals surface area contributed by atoms with Crippen LogP contribution in [0.15, 0.2) is 30.3 Å². The molecule has 3 nitrogen and oxygen atoms in total. The number of carbonyl (C=O) groups excluding carboxylic acids is 1. The van der Waals surface area contributed by atoms with E-state index in [0.717, 1.165) is 31.2 Å². The Morgan fingerprint density at radius 2 is 2.20 bits per heavy atom. The largest absolute Gasteiger partial charge is 0.394 e. The van der Waals surface area contributed by atoms with Crippen LogP contribution in [0.2, 0.25) is 0 Å². The molecule has 106 valence electrons. The van der Waals surface area contributed by atoms with E-state index in [9.17, 15) is 9.90 Å². The van der Waals surface area contributed by atoms with Gasteiger partial charge >= 0.3 is 0 Å². The van der Waals surface area contributed by atoms with Crippen LogP contribution in [-0.4, -0.2) is 23.2 Å². The molecule has 0 saturated heterocycles. The first-order valence-corrected chi connectivity index (χ1v) is 7.14. The summed E-state index contributed by atoms with van der Waals surface area (Å²) in [6.45, 7) is 2.14. The second-order valence-corrected chi connectivity index (χ2v) is 5.71. The first-order chi connectivity index (χ1) is 9.63. The fourth-order valence-electron chi connectivity index (χ4n) is 2.88.